The second-order valence-electron chi connectivity index (χ2n) is 7.08. The molecule has 0 amide bonds. The molecule has 0 aliphatic carbocycles. The van der Waals surface area contributed by atoms with Crippen LogP contribution in [-0.4, -0.2) is 36.0 Å². The fraction of sp³-hybridized carbons (Fsp3) is 0.304. The van der Waals surface area contributed by atoms with Crippen molar-refractivity contribution in [3.63, 3.8) is 0 Å². The van der Waals surface area contributed by atoms with E-state index in [1.165, 1.54) is 11.1 Å². The molecule has 0 bridgehead atoms. The summed E-state index contributed by atoms with van der Waals surface area (Å²) in [6.45, 7) is 3.45. The molecule has 1 aliphatic rings. The molecule has 0 radical (unpaired) electrons. The van der Waals surface area contributed by atoms with Gasteiger partial charge in [0.2, 0.25) is 0 Å². The molecular weight excluding hydrogens is 378 g/mol. The molecule has 2 N–H and O–H groups in total. The summed E-state index contributed by atoms with van der Waals surface area (Å²) in [5, 5.41) is 11.1. The first-order valence-electron chi connectivity index (χ1n) is 10.2. The van der Waals surface area contributed by atoms with Crippen LogP contribution < -0.4 is 20.1 Å². The number of nitrogens with one attached hydrogen (secondary N) is 2. The van der Waals surface area contributed by atoms with Crippen LogP contribution in [0.3, 0.4) is 0 Å². The van der Waals surface area contributed by atoms with Gasteiger partial charge in [0, 0.05) is 39.0 Å². The molecule has 0 saturated heterocycles. The Kier molecular flexibility index (Phi) is 6.49. The van der Waals surface area contributed by atoms with Gasteiger partial charge in [-0.15, -0.1) is 0 Å². The van der Waals surface area contributed by atoms with Crippen molar-refractivity contribution in [2.45, 2.75) is 26.1 Å². The molecule has 0 spiro atoms. The third-order valence-electron chi connectivity index (χ3n) is 4.95. The van der Waals surface area contributed by atoms with Crippen LogP contribution in [0.5, 0.6) is 11.5 Å². The number of guanidine groups is 1. The van der Waals surface area contributed by atoms with Gasteiger partial charge >= 0.3 is 0 Å². The third-order valence-corrected chi connectivity index (χ3v) is 4.95. The monoisotopic (exact) mass is 405 g/mol. The van der Waals surface area contributed by atoms with Gasteiger partial charge in [-0.25, -0.2) is 0 Å². The van der Waals surface area contributed by atoms with Gasteiger partial charge in [-0.05, 0) is 34.9 Å². The van der Waals surface area contributed by atoms with E-state index in [-0.39, 0.29) is 0 Å². The molecule has 0 saturated carbocycles. The van der Waals surface area contributed by atoms with Crippen LogP contribution in [0, 0.1) is 0 Å². The smallest absolute Gasteiger partial charge is 0.191 e. The Balaban J connectivity index is 1.34. The summed E-state index contributed by atoms with van der Waals surface area (Å²) in [5.74, 6) is 2.37. The number of fused-ring (bicyclic) bond motifs is 1. The molecule has 0 atom stereocenters. The lowest BCUT2D eigenvalue weighted by Gasteiger charge is -2.15. The van der Waals surface area contributed by atoms with Crippen molar-refractivity contribution >= 4 is 5.96 Å². The van der Waals surface area contributed by atoms with E-state index >= 15 is 0 Å². The highest BCUT2D eigenvalue weighted by Crippen LogP contribution is 2.30. The molecule has 30 heavy (non-hydrogen) atoms. The maximum atomic E-state index is 5.78. The second kappa shape index (κ2) is 9.82. The maximum Gasteiger partial charge on any atom is 0.191 e. The Hall–Kier alpha value is -3.48. The Morgan fingerprint density at radius 3 is 2.60 bits per heavy atom. The number of hydrogen-bond donors (Lipinski definition) is 2. The van der Waals surface area contributed by atoms with Gasteiger partial charge < -0.3 is 20.1 Å². The highest BCUT2D eigenvalue weighted by atomic mass is 16.5. The summed E-state index contributed by atoms with van der Waals surface area (Å²) in [4.78, 5) is 4.35. The molecule has 1 aliphatic heterocycles. The predicted molar refractivity (Wildman–Crippen MR) is 117 cm³/mol. The lowest BCUT2D eigenvalue weighted by molar-refractivity contribution is 0.297. The molecule has 0 unspecified atom stereocenters. The minimum Gasteiger partial charge on any atom is -0.490 e. The van der Waals surface area contributed by atoms with Crippen LogP contribution in [0.25, 0.3) is 0 Å². The first kappa shape index (κ1) is 19.8. The largest absolute Gasteiger partial charge is 0.490 e. The Morgan fingerprint density at radius 2 is 1.80 bits per heavy atom. The van der Waals surface area contributed by atoms with Crippen LogP contribution in [0.15, 0.2) is 65.9 Å². The molecule has 156 valence electrons. The number of nitrogens with zero attached hydrogens (tertiary/aromatic N) is 3. The first-order chi connectivity index (χ1) is 14.8. The molecule has 0 fully saturated rings. The molecule has 2 aromatic carbocycles. The Morgan fingerprint density at radius 1 is 1.00 bits per heavy atom. The molecule has 7 heteroatoms. The van der Waals surface area contributed by atoms with Gasteiger partial charge in [0.25, 0.3) is 0 Å². The quantitative estimate of drug-likeness (QED) is 0.487. The molecule has 4 rings (SSSR count). The molecule has 1 aromatic heterocycles. The summed E-state index contributed by atoms with van der Waals surface area (Å²) in [6, 6.07) is 16.4. The lowest BCUT2D eigenvalue weighted by Crippen LogP contribution is -2.36. The molecular formula is C23H27N5O2. The fourth-order valence-corrected chi connectivity index (χ4v) is 3.36. The average molecular weight is 406 g/mol. The number of hydrogen-bond acceptors (Lipinski definition) is 4. The lowest BCUT2D eigenvalue weighted by atomic mass is 10.1. The van der Waals surface area contributed by atoms with Crippen molar-refractivity contribution < 1.29 is 9.47 Å². The summed E-state index contributed by atoms with van der Waals surface area (Å²) in [5.41, 5.74) is 3.56. The zero-order valence-electron chi connectivity index (χ0n) is 17.2. The van der Waals surface area contributed by atoms with Crippen LogP contribution in [0.4, 0.5) is 0 Å². The topological polar surface area (TPSA) is 72.7 Å². The average Bonchev–Trinajstić information content (AvgIpc) is 3.17. The standard InChI is InChI=1S/C23H27N5O2/c1-24-23(25-15-18-8-9-21-22(14-18)30-13-5-12-29-21)26-16-19-6-2-3-7-20(19)17-28-11-4-10-27-28/h2-4,6-11,14H,5,12-13,15-17H2,1H3,(H2,24,25,26). The second-order valence-corrected chi connectivity index (χ2v) is 7.08. The number of aliphatic imine (C=N–C) groups is 1. The van der Waals surface area contributed by atoms with Crippen molar-refractivity contribution in [2.24, 2.45) is 4.99 Å². The van der Waals surface area contributed by atoms with Crippen LogP contribution in [-0.2, 0) is 19.6 Å². The molecule has 3 aromatic rings. The minimum absolute atomic E-state index is 0.644. The fourth-order valence-electron chi connectivity index (χ4n) is 3.36. The summed E-state index contributed by atoms with van der Waals surface area (Å²) in [6.07, 6.45) is 4.67. The van der Waals surface area contributed by atoms with E-state index in [0.29, 0.717) is 26.3 Å². The Bertz CT molecular complexity index is 985. The van der Waals surface area contributed by atoms with Crippen molar-refractivity contribution in [1.82, 2.24) is 20.4 Å². The highest BCUT2D eigenvalue weighted by molar-refractivity contribution is 5.79. The van der Waals surface area contributed by atoms with E-state index in [2.05, 4.69) is 45.0 Å². The number of ether oxygens (including phenoxy) is 2. The van der Waals surface area contributed by atoms with E-state index in [4.69, 9.17) is 9.47 Å². The van der Waals surface area contributed by atoms with Crippen LogP contribution in [0.2, 0.25) is 0 Å². The van der Waals surface area contributed by atoms with Gasteiger partial charge in [0.15, 0.2) is 17.5 Å². The number of aromatic nitrogens is 2. The highest BCUT2D eigenvalue weighted by Gasteiger charge is 2.11. The van der Waals surface area contributed by atoms with Gasteiger partial charge in [0.05, 0.1) is 19.8 Å². The van der Waals surface area contributed by atoms with Crippen LogP contribution in [0.1, 0.15) is 23.1 Å². The van der Waals surface area contributed by atoms with Gasteiger partial charge in [-0.1, -0.05) is 30.3 Å². The zero-order chi connectivity index (χ0) is 20.6. The molecule has 2 heterocycles. The summed E-state index contributed by atoms with van der Waals surface area (Å²) >= 11 is 0. The van der Waals surface area contributed by atoms with Gasteiger partial charge in [0.1, 0.15) is 0 Å². The van der Waals surface area contributed by atoms with Crippen LogP contribution >= 0.6 is 0 Å². The maximum absolute atomic E-state index is 5.78. The number of benzene rings is 2. The van der Waals surface area contributed by atoms with E-state index in [0.717, 1.165) is 36.0 Å². The van der Waals surface area contributed by atoms with E-state index in [9.17, 15) is 0 Å². The van der Waals surface area contributed by atoms with Crippen molar-refractivity contribution in [3.8, 4) is 11.5 Å². The predicted octanol–water partition coefficient (Wildman–Crippen LogP) is 2.96. The third kappa shape index (κ3) is 5.11. The van der Waals surface area contributed by atoms with E-state index in [1.807, 2.05) is 35.1 Å². The zero-order valence-corrected chi connectivity index (χ0v) is 17.2. The normalized spacial score (nSPS) is 13.6. The van der Waals surface area contributed by atoms with Crippen molar-refractivity contribution in [2.75, 3.05) is 20.3 Å². The van der Waals surface area contributed by atoms with Crippen molar-refractivity contribution in [3.05, 3.63) is 77.6 Å². The van der Waals surface area contributed by atoms with E-state index < -0.39 is 0 Å². The minimum atomic E-state index is 0.644. The summed E-state index contributed by atoms with van der Waals surface area (Å²) < 4.78 is 13.4. The van der Waals surface area contributed by atoms with E-state index in [1.54, 1.807) is 13.2 Å². The van der Waals surface area contributed by atoms with Gasteiger partial charge in [-0.3, -0.25) is 9.67 Å². The van der Waals surface area contributed by atoms with Crippen molar-refractivity contribution in [1.29, 1.82) is 0 Å². The Labute approximate surface area is 176 Å². The first-order valence-corrected chi connectivity index (χ1v) is 10.2. The SMILES string of the molecule is CN=C(NCc1ccc2c(c1)OCCCO2)NCc1ccccc1Cn1cccn1. The molecule has 7 nitrogen and oxygen atoms in total. The number of rotatable bonds is 6. The summed E-state index contributed by atoms with van der Waals surface area (Å²) in [7, 11) is 1.78. The van der Waals surface area contributed by atoms with Gasteiger partial charge in [-0.2, -0.15) is 5.10 Å².